The number of hydrogen-bond acceptors (Lipinski definition) is 3. The zero-order valence-electron chi connectivity index (χ0n) is 5.46. The lowest BCUT2D eigenvalue weighted by atomic mass is 10.2. The topological polar surface area (TPSA) is 38.3 Å². The van der Waals surface area contributed by atoms with E-state index in [-0.39, 0.29) is 12.1 Å². The summed E-state index contributed by atoms with van der Waals surface area (Å²) in [7, 11) is 1.67. The van der Waals surface area contributed by atoms with Crippen LogP contribution in [0.4, 0.5) is 0 Å². The summed E-state index contributed by atoms with van der Waals surface area (Å²) >= 11 is 0. The molecule has 0 amide bonds. The Morgan fingerprint density at radius 2 is 2.56 bits per heavy atom. The minimum absolute atomic E-state index is 0.0231. The van der Waals surface area contributed by atoms with Crippen LogP contribution in [-0.2, 0) is 9.53 Å². The summed E-state index contributed by atoms with van der Waals surface area (Å²) < 4.78 is 5.02. The van der Waals surface area contributed by atoms with E-state index in [9.17, 15) is 4.79 Å². The van der Waals surface area contributed by atoms with Crippen molar-refractivity contribution in [1.82, 2.24) is 5.32 Å². The van der Waals surface area contributed by atoms with E-state index in [2.05, 4.69) is 5.32 Å². The van der Waals surface area contributed by atoms with Crippen LogP contribution >= 0.6 is 0 Å². The summed E-state index contributed by atoms with van der Waals surface area (Å²) in [4.78, 5) is 10.2. The number of nitrogens with one attached hydrogen (secondary N) is 1. The summed E-state index contributed by atoms with van der Waals surface area (Å²) in [6, 6.07) is 0.0231. The van der Waals surface area contributed by atoms with Crippen LogP contribution in [0.1, 0.15) is 6.42 Å². The van der Waals surface area contributed by atoms with E-state index < -0.39 is 0 Å². The molecule has 0 aliphatic carbocycles. The number of aldehydes is 1. The molecule has 3 nitrogen and oxygen atoms in total. The van der Waals surface area contributed by atoms with Gasteiger partial charge in [0, 0.05) is 13.7 Å². The fourth-order valence-electron chi connectivity index (χ4n) is 1.02. The van der Waals surface area contributed by atoms with Gasteiger partial charge in [-0.25, -0.2) is 0 Å². The van der Waals surface area contributed by atoms with Crippen molar-refractivity contribution in [3.63, 3.8) is 0 Å². The highest BCUT2D eigenvalue weighted by atomic mass is 16.5. The normalized spacial score (nSPS) is 34.8. The van der Waals surface area contributed by atoms with Gasteiger partial charge in [0.1, 0.15) is 6.29 Å². The molecule has 9 heavy (non-hydrogen) atoms. The van der Waals surface area contributed by atoms with Crippen LogP contribution in [0.25, 0.3) is 0 Å². The Morgan fingerprint density at radius 1 is 1.78 bits per heavy atom. The van der Waals surface area contributed by atoms with Gasteiger partial charge in [-0.2, -0.15) is 0 Å². The Hall–Kier alpha value is -0.410. The molecule has 1 N–H and O–H groups in total. The first-order chi connectivity index (χ1) is 4.36. The van der Waals surface area contributed by atoms with Gasteiger partial charge in [-0.05, 0) is 6.42 Å². The summed E-state index contributed by atoms with van der Waals surface area (Å²) in [6.07, 6.45) is 1.99. The molecule has 0 spiro atoms. The Bertz CT molecular complexity index is 105. The number of ether oxygens (including phenoxy) is 1. The summed E-state index contributed by atoms with van der Waals surface area (Å²) in [5, 5.41) is 3.01. The molecule has 0 bridgehead atoms. The van der Waals surface area contributed by atoms with Gasteiger partial charge in [-0.3, -0.25) is 0 Å². The zero-order chi connectivity index (χ0) is 6.69. The molecule has 3 heteroatoms. The predicted octanol–water partition coefficient (Wildman–Crippen LogP) is -0.438. The van der Waals surface area contributed by atoms with Crippen molar-refractivity contribution < 1.29 is 9.53 Å². The van der Waals surface area contributed by atoms with E-state index in [0.29, 0.717) is 0 Å². The van der Waals surface area contributed by atoms with E-state index in [1.54, 1.807) is 7.11 Å². The number of rotatable bonds is 2. The number of carbonyl (C=O) groups excluding carboxylic acids is 1. The first-order valence-electron chi connectivity index (χ1n) is 3.08. The molecule has 1 heterocycles. The Balaban J connectivity index is 2.28. The van der Waals surface area contributed by atoms with Crippen molar-refractivity contribution in [1.29, 1.82) is 0 Å². The largest absolute Gasteiger partial charge is 0.380 e. The van der Waals surface area contributed by atoms with Crippen molar-refractivity contribution in [2.75, 3.05) is 13.7 Å². The average Bonchev–Trinajstić information content (AvgIpc) is 2.34. The summed E-state index contributed by atoms with van der Waals surface area (Å²) in [6.45, 7) is 0.805. The quantitative estimate of drug-likeness (QED) is 0.514. The lowest BCUT2D eigenvalue weighted by molar-refractivity contribution is -0.109. The van der Waals surface area contributed by atoms with Gasteiger partial charge in [0.15, 0.2) is 0 Å². The maximum absolute atomic E-state index is 10.2. The van der Waals surface area contributed by atoms with E-state index in [0.717, 1.165) is 19.3 Å². The monoisotopic (exact) mass is 129 g/mol. The van der Waals surface area contributed by atoms with Crippen LogP contribution in [0.3, 0.4) is 0 Å². The first kappa shape index (κ1) is 6.71. The molecule has 52 valence electrons. The van der Waals surface area contributed by atoms with Gasteiger partial charge >= 0.3 is 0 Å². The zero-order valence-corrected chi connectivity index (χ0v) is 5.46. The molecule has 0 aromatic heterocycles. The van der Waals surface area contributed by atoms with Gasteiger partial charge in [-0.15, -0.1) is 0 Å². The second kappa shape index (κ2) is 2.94. The average molecular weight is 129 g/mol. The highest BCUT2D eigenvalue weighted by molar-refractivity contribution is 5.58. The van der Waals surface area contributed by atoms with Gasteiger partial charge in [0.05, 0.1) is 12.1 Å². The Morgan fingerprint density at radius 3 is 2.89 bits per heavy atom. The fourth-order valence-corrected chi connectivity index (χ4v) is 1.02. The minimum atomic E-state index is 0.0231. The Kier molecular flexibility index (Phi) is 2.19. The highest BCUT2D eigenvalue weighted by Crippen LogP contribution is 2.06. The molecule has 1 saturated heterocycles. The van der Waals surface area contributed by atoms with Gasteiger partial charge in [0.2, 0.25) is 0 Å². The van der Waals surface area contributed by atoms with Crippen LogP contribution in [0.2, 0.25) is 0 Å². The van der Waals surface area contributed by atoms with Gasteiger partial charge < -0.3 is 14.8 Å². The molecular formula is C6H11NO2. The van der Waals surface area contributed by atoms with Crippen molar-refractivity contribution in [3.8, 4) is 0 Å². The highest BCUT2D eigenvalue weighted by Gasteiger charge is 2.22. The van der Waals surface area contributed by atoms with Crippen LogP contribution in [-0.4, -0.2) is 32.1 Å². The molecule has 0 unspecified atom stereocenters. The van der Waals surface area contributed by atoms with Crippen molar-refractivity contribution in [2.24, 2.45) is 0 Å². The molecule has 0 radical (unpaired) electrons. The van der Waals surface area contributed by atoms with Crippen molar-refractivity contribution in [3.05, 3.63) is 0 Å². The maximum Gasteiger partial charge on any atom is 0.136 e. The molecule has 1 aliphatic heterocycles. The minimum Gasteiger partial charge on any atom is -0.380 e. The second-order valence-corrected chi connectivity index (χ2v) is 2.24. The van der Waals surface area contributed by atoms with E-state index >= 15 is 0 Å². The van der Waals surface area contributed by atoms with E-state index in [1.807, 2.05) is 0 Å². The number of hydrogen-bond donors (Lipinski definition) is 1. The van der Waals surface area contributed by atoms with Gasteiger partial charge in [-0.1, -0.05) is 0 Å². The standard InChI is InChI=1S/C6H11NO2/c1-9-6-2-5(4-8)7-3-6/h4-7H,2-3H2,1H3/t5-,6-/m1/s1. The van der Waals surface area contributed by atoms with Crippen LogP contribution in [0.5, 0.6) is 0 Å². The first-order valence-corrected chi connectivity index (χ1v) is 3.08. The third-order valence-corrected chi connectivity index (χ3v) is 1.62. The van der Waals surface area contributed by atoms with E-state index in [4.69, 9.17) is 4.74 Å². The second-order valence-electron chi connectivity index (χ2n) is 2.24. The van der Waals surface area contributed by atoms with E-state index in [1.165, 1.54) is 0 Å². The number of methoxy groups -OCH3 is 1. The molecular weight excluding hydrogens is 118 g/mol. The van der Waals surface area contributed by atoms with Crippen molar-refractivity contribution >= 4 is 6.29 Å². The third-order valence-electron chi connectivity index (χ3n) is 1.62. The maximum atomic E-state index is 10.2. The molecule has 1 fully saturated rings. The molecule has 1 aliphatic rings. The lowest BCUT2D eigenvalue weighted by Crippen LogP contribution is -2.22. The molecule has 0 aromatic carbocycles. The molecule has 0 aromatic rings. The molecule has 1 rings (SSSR count). The predicted molar refractivity (Wildman–Crippen MR) is 33.3 cm³/mol. The molecule has 2 atom stereocenters. The third kappa shape index (κ3) is 1.50. The smallest absolute Gasteiger partial charge is 0.136 e. The summed E-state index contributed by atoms with van der Waals surface area (Å²) in [5.74, 6) is 0. The van der Waals surface area contributed by atoms with Crippen LogP contribution < -0.4 is 5.32 Å². The van der Waals surface area contributed by atoms with Crippen LogP contribution in [0, 0.1) is 0 Å². The van der Waals surface area contributed by atoms with Crippen LogP contribution in [0.15, 0.2) is 0 Å². The van der Waals surface area contributed by atoms with Gasteiger partial charge in [0.25, 0.3) is 0 Å². The Labute approximate surface area is 54.4 Å². The SMILES string of the molecule is CO[C@H]1CN[C@@H](C=O)C1. The fraction of sp³-hybridized carbons (Fsp3) is 0.833. The summed E-state index contributed by atoms with van der Waals surface area (Å²) in [5.41, 5.74) is 0. The molecule has 0 saturated carbocycles. The number of carbonyl (C=O) groups is 1. The lowest BCUT2D eigenvalue weighted by Gasteiger charge is -2.02. The van der Waals surface area contributed by atoms with Crippen molar-refractivity contribution in [2.45, 2.75) is 18.6 Å².